The number of benzene rings is 1. The summed E-state index contributed by atoms with van der Waals surface area (Å²) < 4.78 is 16.4. The molecule has 3 aromatic rings. The Hall–Kier alpha value is -3.27. The molecule has 1 aromatic carbocycles. The van der Waals surface area contributed by atoms with Crippen molar-refractivity contribution in [3.05, 3.63) is 46.6 Å². The molecule has 0 N–H and O–H groups in total. The molecular formula is C16H13N3O6S. The Morgan fingerprint density at radius 3 is 2.69 bits per heavy atom. The molecule has 9 nitrogen and oxygen atoms in total. The largest absolute Gasteiger partial charge is 0.468 e. The molecule has 134 valence electrons. The Morgan fingerprint density at radius 2 is 2.04 bits per heavy atom. The first-order valence-corrected chi connectivity index (χ1v) is 8.13. The lowest BCUT2D eigenvalue weighted by atomic mass is 10.2. The van der Waals surface area contributed by atoms with Gasteiger partial charge in [0.2, 0.25) is 5.76 Å². The van der Waals surface area contributed by atoms with Gasteiger partial charge in [-0.25, -0.2) is 4.79 Å². The van der Waals surface area contributed by atoms with Crippen LogP contribution in [0.5, 0.6) is 0 Å². The van der Waals surface area contributed by atoms with Gasteiger partial charge in [0.15, 0.2) is 4.80 Å². The summed E-state index contributed by atoms with van der Waals surface area (Å²) in [5.74, 6) is -1.66. The summed E-state index contributed by atoms with van der Waals surface area (Å²) >= 11 is 1.14. The molecule has 0 spiro atoms. The van der Waals surface area contributed by atoms with E-state index in [9.17, 15) is 14.4 Å². The predicted molar refractivity (Wildman–Crippen MR) is 89.6 cm³/mol. The summed E-state index contributed by atoms with van der Waals surface area (Å²) in [6, 6.07) is 6.21. The highest BCUT2D eigenvalue weighted by Gasteiger charge is 2.15. The van der Waals surface area contributed by atoms with Gasteiger partial charge in [-0.15, -0.1) is 0 Å². The number of fused-ring (bicyclic) bond motifs is 1. The Kier molecular flexibility index (Phi) is 4.94. The standard InChI is InChI=1S/C16H13N3O6S/c1-23-13(20)8-19-10-4-3-9(15(22)24-2)7-12(10)26-16(19)18-14(21)11-5-6-17-25-11/h3-7H,8H2,1-2H3. The zero-order valence-electron chi connectivity index (χ0n) is 13.8. The van der Waals surface area contributed by atoms with Crippen molar-refractivity contribution in [2.45, 2.75) is 6.54 Å². The molecule has 26 heavy (non-hydrogen) atoms. The Labute approximate surface area is 150 Å². The molecule has 1 amide bonds. The molecule has 0 radical (unpaired) electrons. The van der Waals surface area contributed by atoms with E-state index in [2.05, 4.69) is 10.1 Å². The minimum Gasteiger partial charge on any atom is -0.468 e. The molecule has 0 aliphatic heterocycles. The SMILES string of the molecule is COC(=O)Cn1c(=NC(=O)c2ccno2)sc2cc(C(=O)OC)ccc21. The number of rotatable bonds is 4. The van der Waals surface area contributed by atoms with Crippen molar-refractivity contribution in [1.29, 1.82) is 0 Å². The molecular weight excluding hydrogens is 362 g/mol. The van der Waals surface area contributed by atoms with Crippen LogP contribution in [0.15, 0.2) is 40.0 Å². The quantitative estimate of drug-likeness (QED) is 0.633. The number of methoxy groups -OCH3 is 2. The first kappa shape index (κ1) is 17.5. The number of thiazole rings is 1. The molecule has 0 unspecified atom stereocenters. The molecule has 2 aromatic heterocycles. The molecule has 3 rings (SSSR count). The van der Waals surface area contributed by atoms with E-state index in [1.165, 1.54) is 31.0 Å². The number of nitrogens with zero attached hydrogens (tertiary/aromatic N) is 3. The van der Waals surface area contributed by atoms with Crippen LogP contribution in [-0.2, 0) is 20.8 Å². The summed E-state index contributed by atoms with van der Waals surface area (Å²) in [5.41, 5.74) is 0.969. The highest BCUT2D eigenvalue weighted by molar-refractivity contribution is 7.16. The van der Waals surface area contributed by atoms with Crippen LogP contribution in [0, 0.1) is 0 Å². The van der Waals surface area contributed by atoms with Crippen molar-refractivity contribution in [3.8, 4) is 0 Å². The second-order valence-electron chi connectivity index (χ2n) is 5.01. The van der Waals surface area contributed by atoms with Crippen molar-refractivity contribution in [2.24, 2.45) is 4.99 Å². The van der Waals surface area contributed by atoms with Crippen LogP contribution < -0.4 is 4.80 Å². The zero-order valence-corrected chi connectivity index (χ0v) is 14.6. The average molecular weight is 375 g/mol. The number of hydrogen-bond donors (Lipinski definition) is 0. The van der Waals surface area contributed by atoms with E-state index in [1.54, 1.807) is 18.2 Å². The summed E-state index contributed by atoms with van der Waals surface area (Å²) in [7, 11) is 2.55. The molecule has 2 heterocycles. The van der Waals surface area contributed by atoms with Crippen LogP contribution in [0.3, 0.4) is 0 Å². The maximum Gasteiger partial charge on any atom is 0.337 e. The number of esters is 2. The third-order valence-corrected chi connectivity index (χ3v) is 4.51. The smallest absolute Gasteiger partial charge is 0.337 e. The van der Waals surface area contributed by atoms with E-state index < -0.39 is 17.8 Å². The number of carbonyl (C=O) groups is 3. The van der Waals surface area contributed by atoms with Crippen LogP contribution in [0.4, 0.5) is 0 Å². The second kappa shape index (κ2) is 7.31. The lowest BCUT2D eigenvalue weighted by molar-refractivity contribution is -0.141. The van der Waals surface area contributed by atoms with Crippen LogP contribution in [0.25, 0.3) is 10.2 Å². The minimum atomic E-state index is -0.638. The lowest BCUT2D eigenvalue weighted by Gasteiger charge is -2.04. The van der Waals surface area contributed by atoms with Gasteiger partial charge in [-0.3, -0.25) is 9.59 Å². The summed E-state index contributed by atoms with van der Waals surface area (Å²) in [6.45, 7) is -0.142. The number of aromatic nitrogens is 2. The molecule has 0 aliphatic carbocycles. The van der Waals surface area contributed by atoms with Gasteiger partial charge in [-0.2, -0.15) is 4.99 Å². The first-order valence-electron chi connectivity index (χ1n) is 7.31. The third kappa shape index (κ3) is 3.40. The maximum absolute atomic E-state index is 12.2. The summed E-state index contributed by atoms with van der Waals surface area (Å²) in [5, 5.41) is 3.47. The lowest BCUT2D eigenvalue weighted by Crippen LogP contribution is -2.22. The molecule has 0 saturated heterocycles. The fraction of sp³-hybridized carbons (Fsp3) is 0.188. The van der Waals surface area contributed by atoms with Crippen LogP contribution in [0.1, 0.15) is 20.9 Å². The van der Waals surface area contributed by atoms with Crippen LogP contribution in [0.2, 0.25) is 0 Å². The fourth-order valence-corrected chi connectivity index (χ4v) is 3.28. The highest BCUT2D eigenvalue weighted by atomic mass is 32.1. The molecule has 0 atom stereocenters. The second-order valence-corrected chi connectivity index (χ2v) is 6.02. The van der Waals surface area contributed by atoms with Gasteiger partial charge in [0.1, 0.15) is 6.54 Å². The Bertz CT molecular complexity index is 1050. The number of carbonyl (C=O) groups excluding carboxylic acids is 3. The van der Waals surface area contributed by atoms with Crippen LogP contribution >= 0.6 is 11.3 Å². The van der Waals surface area contributed by atoms with Gasteiger partial charge < -0.3 is 18.6 Å². The van der Waals surface area contributed by atoms with E-state index in [1.807, 2.05) is 0 Å². The molecule has 0 fully saturated rings. The van der Waals surface area contributed by atoms with Crippen molar-refractivity contribution in [2.75, 3.05) is 14.2 Å². The van der Waals surface area contributed by atoms with Crippen molar-refractivity contribution in [1.82, 2.24) is 9.72 Å². The number of ether oxygens (including phenoxy) is 2. The van der Waals surface area contributed by atoms with E-state index in [4.69, 9.17) is 14.0 Å². The van der Waals surface area contributed by atoms with E-state index in [-0.39, 0.29) is 17.1 Å². The minimum absolute atomic E-state index is 0.0256. The van der Waals surface area contributed by atoms with Crippen molar-refractivity contribution >= 4 is 39.4 Å². The zero-order chi connectivity index (χ0) is 18.7. The van der Waals surface area contributed by atoms with Gasteiger partial charge in [-0.1, -0.05) is 16.5 Å². The van der Waals surface area contributed by atoms with Gasteiger partial charge in [-0.05, 0) is 18.2 Å². The van der Waals surface area contributed by atoms with Gasteiger partial charge in [0.05, 0.1) is 36.2 Å². The predicted octanol–water partition coefficient (Wildman–Crippen LogP) is 1.39. The highest BCUT2D eigenvalue weighted by Crippen LogP contribution is 2.20. The fourth-order valence-electron chi connectivity index (χ4n) is 2.22. The van der Waals surface area contributed by atoms with Crippen LogP contribution in [-0.4, -0.2) is 41.8 Å². The molecule has 0 aliphatic rings. The number of amides is 1. The van der Waals surface area contributed by atoms with Crippen molar-refractivity contribution in [3.63, 3.8) is 0 Å². The Balaban J connectivity index is 2.16. The Morgan fingerprint density at radius 1 is 1.23 bits per heavy atom. The van der Waals surface area contributed by atoms with E-state index in [0.29, 0.717) is 15.8 Å². The molecule has 0 bridgehead atoms. The van der Waals surface area contributed by atoms with Crippen molar-refractivity contribution < 1.29 is 28.4 Å². The van der Waals surface area contributed by atoms with E-state index in [0.717, 1.165) is 11.3 Å². The number of hydrogen-bond acceptors (Lipinski definition) is 8. The average Bonchev–Trinajstić information content (AvgIpc) is 3.29. The maximum atomic E-state index is 12.2. The first-order chi connectivity index (χ1) is 12.5. The van der Waals surface area contributed by atoms with Gasteiger partial charge in [0.25, 0.3) is 0 Å². The molecule has 0 saturated carbocycles. The summed E-state index contributed by atoms with van der Waals surface area (Å²) in [4.78, 5) is 39.9. The normalized spacial score (nSPS) is 11.5. The topological polar surface area (TPSA) is 113 Å². The third-order valence-electron chi connectivity index (χ3n) is 3.46. The molecule has 10 heteroatoms. The monoisotopic (exact) mass is 375 g/mol. The summed E-state index contributed by atoms with van der Waals surface area (Å²) in [6.07, 6.45) is 1.33. The van der Waals surface area contributed by atoms with Gasteiger partial charge >= 0.3 is 17.8 Å². The van der Waals surface area contributed by atoms with Gasteiger partial charge in [0, 0.05) is 6.07 Å². The van der Waals surface area contributed by atoms with E-state index >= 15 is 0 Å².